The maximum Gasteiger partial charge on any atom is 0.243 e. The SMILES string of the molecule is Cc1cc(CN)ccc1S(=O)(=O)N1CCC(C(C)C)CC1. The van der Waals surface area contributed by atoms with E-state index in [0.29, 0.717) is 36.4 Å². The van der Waals surface area contributed by atoms with Crippen molar-refractivity contribution in [2.45, 2.75) is 45.1 Å². The number of nitrogens with two attached hydrogens (primary N) is 1. The smallest absolute Gasteiger partial charge is 0.243 e. The first-order chi connectivity index (χ1) is 9.86. The monoisotopic (exact) mass is 310 g/mol. The van der Waals surface area contributed by atoms with E-state index >= 15 is 0 Å². The van der Waals surface area contributed by atoms with Gasteiger partial charge in [-0.3, -0.25) is 0 Å². The zero-order valence-electron chi connectivity index (χ0n) is 13.2. The van der Waals surface area contributed by atoms with E-state index in [4.69, 9.17) is 5.73 Å². The maximum absolute atomic E-state index is 12.8. The molecule has 1 aliphatic rings. The quantitative estimate of drug-likeness (QED) is 0.929. The summed E-state index contributed by atoms with van der Waals surface area (Å²) in [6.07, 6.45) is 1.91. The standard InChI is InChI=1S/C16H26N2O2S/c1-12(2)15-6-8-18(9-7-15)21(19,20)16-5-4-14(11-17)10-13(16)3/h4-5,10,12,15H,6-9,11,17H2,1-3H3. The van der Waals surface area contributed by atoms with E-state index in [1.54, 1.807) is 16.4 Å². The molecular weight excluding hydrogens is 284 g/mol. The average molecular weight is 310 g/mol. The number of sulfonamides is 1. The van der Waals surface area contributed by atoms with E-state index in [0.717, 1.165) is 24.0 Å². The van der Waals surface area contributed by atoms with Crippen LogP contribution < -0.4 is 5.73 Å². The second kappa shape index (κ2) is 6.46. The third-order valence-corrected chi connectivity index (χ3v) is 6.59. The zero-order valence-corrected chi connectivity index (χ0v) is 14.0. The molecule has 2 rings (SSSR count). The topological polar surface area (TPSA) is 63.4 Å². The fourth-order valence-corrected chi connectivity index (χ4v) is 4.73. The summed E-state index contributed by atoms with van der Waals surface area (Å²) in [7, 11) is -3.37. The first-order valence-corrected chi connectivity index (χ1v) is 9.10. The molecule has 118 valence electrons. The van der Waals surface area contributed by atoms with Crippen LogP contribution in [0.3, 0.4) is 0 Å². The lowest BCUT2D eigenvalue weighted by atomic mass is 9.87. The maximum atomic E-state index is 12.8. The lowest BCUT2D eigenvalue weighted by molar-refractivity contribution is 0.226. The van der Waals surface area contributed by atoms with Crippen LogP contribution in [-0.2, 0) is 16.6 Å². The molecule has 1 aliphatic heterocycles. The van der Waals surface area contributed by atoms with Crippen LogP contribution in [0.15, 0.2) is 23.1 Å². The molecule has 1 fully saturated rings. The van der Waals surface area contributed by atoms with Gasteiger partial charge in [-0.05, 0) is 48.8 Å². The Morgan fingerprint density at radius 1 is 1.29 bits per heavy atom. The van der Waals surface area contributed by atoms with Crippen molar-refractivity contribution in [3.63, 3.8) is 0 Å². The predicted octanol–water partition coefficient (Wildman–Crippen LogP) is 2.51. The molecule has 0 atom stereocenters. The summed E-state index contributed by atoms with van der Waals surface area (Å²) in [5.41, 5.74) is 7.35. The second-order valence-electron chi connectivity index (χ2n) is 6.29. The van der Waals surface area contributed by atoms with Gasteiger partial charge in [-0.15, -0.1) is 0 Å². The van der Waals surface area contributed by atoms with Crippen LogP contribution in [0.4, 0.5) is 0 Å². The molecule has 0 radical (unpaired) electrons. The summed E-state index contributed by atoms with van der Waals surface area (Å²) >= 11 is 0. The predicted molar refractivity (Wildman–Crippen MR) is 85.4 cm³/mol. The minimum absolute atomic E-state index is 0.419. The van der Waals surface area contributed by atoms with Crippen LogP contribution in [0.1, 0.15) is 37.8 Å². The number of hydrogen-bond donors (Lipinski definition) is 1. The van der Waals surface area contributed by atoms with Gasteiger partial charge in [-0.1, -0.05) is 26.0 Å². The molecule has 21 heavy (non-hydrogen) atoms. The summed E-state index contributed by atoms with van der Waals surface area (Å²) in [5, 5.41) is 0. The average Bonchev–Trinajstić information content (AvgIpc) is 2.46. The van der Waals surface area contributed by atoms with Crippen molar-refractivity contribution >= 4 is 10.0 Å². The number of nitrogens with zero attached hydrogens (tertiary/aromatic N) is 1. The molecule has 0 spiro atoms. The molecule has 5 heteroatoms. The largest absolute Gasteiger partial charge is 0.326 e. The Morgan fingerprint density at radius 2 is 1.90 bits per heavy atom. The number of aryl methyl sites for hydroxylation is 1. The first-order valence-electron chi connectivity index (χ1n) is 7.66. The van der Waals surface area contributed by atoms with Gasteiger partial charge >= 0.3 is 0 Å². The normalized spacial score (nSPS) is 18.3. The molecule has 1 saturated heterocycles. The Labute approximate surface area is 128 Å². The van der Waals surface area contributed by atoms with Crippen molar-refractivity contribution in [1.82, 2.24) is 4.31 Å². The fourth-order valence-electron chi connectivity index (χ4n) is 3.05. The molecular formula is C16H26N2O2S. The number of benzene rings is 1. The van der Waals surface area contributed by atoms with E-state index in [-0.39, 0.29) is 0 Å². The lowest BCUT2D eigenvalue weighted by Crippen LogP contribution is -2.39. The van der Waals surface area contributed by atoms with E-state index in [1.807, 2.05) is 13.0 Å². The Hall–Kier alpha value is -0.910. The van der Waals surface area contributed by atoms with Gasteiger partial charge < -0.3 is 5.73 Å². The first kappa shape index (κ1) is 16.5. The van der Waals surface area contributed by atoms with Crippen LogP contribution in [-0.4, -0.2) is 25.8 Å². The van der Waals surface area contributed by atoms with Gasteiger partial charge in [0, 0.05) is 19.6 Å². The Morgan fingerprint density at radius 3 is 2.38 bits per heavy atom. The Kier molecular flexibility index (Phi) is 5.07. The lowest BCUT2D eigenvalue weighted by Gasteiger charge is -2.33. The molecule has 1 aromatic carbocycles. The molecule has 1 heterocycles. The number of piperidine rings is 1. The molecule has 4 nitrogen and oxygen atoms in total. The zero-order chi connectivity index (χ0) is 15.6. The summed E-state index contributed by atoms with van der Waals surface area (Å²) in [5.74, 6) is 1.26. The van der Waals surface area contributed by atoms with E-state index in [2.05, 4.69) is 13.8 Å². The molecule has 0 saturated carbocycles. The molecule has 0 aromatic heterocycles. The highest BCUT2D eigenvalue weighted by Crippen LogP contribution is 2.29. The van der Waals surface area contributed by atoms with Gasteiger partial charge in [0.05, 0.1) is 4.90 Å². The minimum atomic E-state index is -3.37. The van der Waals surface area contributed by atoms with Crippen molar-refractivity contribution in [3.05, 3.63) is 29.3 Å². The highest BCUT2D eigenvalue weighted by Gasteiger charge is 2.31. The van der Waals surface area contributed by atoms with E-state index in [9.17, 15) is 8.42 Å². The molecule has 0 aliphatic carbocycles. The van der Waals surface area contributed by atoms with Crippen LogP contribution >= 0.6 is 0 Å². The minimum Gasteiger partial charge on any atom is -0.326 e. The molecule has 2 N–H and O–H groups in total. The van der Waals surface area contributed by atoms with Crippen molar-refractivity contribution in [2.75, 3.05) is 13.1 Å². The number of hydrogen-bond acceptors (Lipinski definition) is 3. The third kappa shape index (κ3) is 3.47. The highest BCUT2D eigenvalue weighted by molar-refractivity contribution is 7.89. The van der Waals surface area contributed by atoms with E-state index < -0.39 is 10.0 Å². The van der Waals surface area contributed by atoms with Crippen LogP contribution in [0, 0.1) is 18.8 Å². The van der Waals surface area contributed by atoms with Crippen LogP contribution in [0.5, 0.6) is 0 Å². The van der Waals surface area contributed by atoms with E-state index in [1.165, 1.54) is 0 Å². The van der Waals surface area contributed by atoms with Gasteiger partial charge in [0.25, 0.3) is 0 Å². The van der Waals surface area contributed by atoms with Gasteiger partial charge in [0.1, 0.15) is 0 Å². The van der Waals surface area contributed by atoms with Gasteiger partial charge in [-0.2, -0.15) is 4.31 Å². The summed E-state index contributed by atoms with van der Waals surface area (Å²) in [6, 6.07) is 5.37. The van der Waals surface area contributed by atoms with Crippen molar-refractivity contribution in [2.24, 2.45) is 17.6 Å². The van der Waals surface area contributed by atoms with Gasteiger partial charge in [-0.25, -0.2) is 8.42 Å². The molecule has 0 unspecified atom stereocenters. The molecule has 0 bridgehead atoms. The highest BCUT2D eigenvalue weighted by atomic mass is 32.2. The summed E-state index contributed by atoms with van der Waals surface area (Å²) in [4.78, 5) is 0.419. The Balaban J connectivity index is 2.19. The third-order valence-electron chi connectivity index (χ3n) is 4.53. The molecule has 1 aromatic rings. The van der Waals surface area contributed by atoms with Crippen molar-refractivity contribution in [3.8, 4) is 0 Å². The van der Waals surface area contributed by atoms with Crippen molar-refractivity contribution < 1.29 is 8.42 Å². The summed E-state index contributed by atoms with van der Waals surface area (Å²) in [6.45, 7) is 7.95. The second-order valence-corrected chi connectivity index (χ2v) is 8.20. The van der Waals surface area contributed by atoms with Gasteiger partial charge in [0.2, 0.25) is 10.0 Å². The van der Waals surface area contributed by atoms with Crippen LogP contribution in [0.2, 0.25) is 0 Å². The summed E-state index contributed by atoms with van der Waals surface area (Å²) < 4.78 is 27.2. The van der Waals surface area contributed by atoms with Gasteiger partial charge in [0.15, 0.2) is 0 Å². The van der Waals surface area contributed by atoms with Crippen molar-refractivity contribution in [1.29, 1.82) is 0 Å². The fraction of sp³-hybridized carbons (Fsp3) is 0.625. The number of rotatable bonds is 4. The Bertz CT molecular complexity index is 588. The van der Waals surface area contributed by atoms with Crippen LogP contribution in [0.25, 0.3) is 0 Å². The molecule has 0 amide bonds.